The molecule has 0 spiro atoms. The van der Waals surface area contributed by atoms with Crippen molar-refractivity contribution < 1.29 is 9.53 Å². The van der Waals surface area contributed by atoms with Crippen molar-refractivity contribution in [2.75, 3.05) is 27.7 Å². The van der Waals surface area contributed by atoms with E-state index >= 15 is 0 Å². The van der Waals surface area contributed by atoms with E-state index in [0.717, 1.165) is 29.8 Å². The number of nitrogens with zero attached hydrogens (tertiary/aromatic N) is 3. The third-order valence-corrected chi connectivity index (χ3v) is 5.56. The Labute approximate surface area is 155 Å². The van der Waals surface area contributed by atoms with Gasteiger partial charge in [-0.3, -0.25) is 9.48 Å². The molecule has 6 nitrogen and oxygen atoms in total. The van der Waals surface area contributed by atoms with Crippen LogP contribution in [0.5, 0.6) is 5.75 Å². The fraction of sp³-hybridized carbons (Fsp3) is 0.500. The number of likely N-dealkylation sites (N-methyl/N-ethyl adjacent to an activating group) is 1. The summed E-state index contributed by atoms with van der Waals surface area (Å²) >= 11 is 0. The highest BCUT2D eigenvalue weighted by Crippen LogP contribution is 2.33. The van der Waals surface area contributed by atoms with Crippen LogP contribution in [0.15, 0.2) is 30.3 Å². The standard InChI is InChI=1S/C20H28N4O2/c1-23(2)20(11-5-6-12-20)14-21-19(25)17-13-18(24(3)22-17)15-7-9-16(26-4)10-8-15/h7-10,13H,5-6,11-12,14H2,1-4H3,(H,21,25). The fourth-order valence-electron chi connectivity index (χ4n) is 3.76. The molecule has 140 valence electrons. The van der Waals surface area contributed by atoms with Gasteiger partial charge in [-0.1, -0.05) is 12.8 Å². The first kappa shape index (κ1) is 18.5. The zero-order chi connectivity index (χ0) is 18.7. The van der Waals surface area contributed by atoms with E-state index in [-0.39, 0.29) is 11.4 Å². The molecule has 1 aliphatic carbocycles. The van der Waals surface area contributed by atoms with E-state index in [9.17, 15) is 4.79 Å². The fourth-order valence-corrected chi connectivity index (χ4v) is 3.76. The second-order valence-electron chi connectivity index (χ2n) is 7.28. The number of hydrogen-bond donors (Lipinski definition) is 1. The van der Waals surface area contributed by atoms with Gasteiger partial charge in [-0.15, -0.1) is 0 Å². The Morgan fingerprint density at radius 1 is 1.27 bits per heavy atom. The largest absolute Gasteiger partial charge is 0.497 e. The van der Waals surface area contributed by atoms with Crippen molar-refractivity contribution in [1.29, 1.82) is 0 Å². The lowest BCUT2D eigenvalue weighted by molar-refractivity contribution is 0.0894. The quantitative estimate of drug-likeness (QED) is 0.865. The lowest BCUT2D eigenvalue weighted by Gasteiger charge is -2.36. The molecule has 26 heavy (non-hydrogen) atoms. The monoisotopic (exact) mass is 356 g/mol. The minimum absolute atomic E-state index is 0.0727. The molecule has 6 heteroatoms. The first-order valence-corrected chi connectivity index (χ1v) is 9.09. The number of aromatic nitrogens is 2. The lowest BCUT2D eigenvalue weighted by Crippen LogP contribution is -2.50. The van der Waals surface area contributed by atoms with Gasteiger partial charge in [0.15, 0.2) is 5.69 Å². The number of nitrogens with one attached hydrogen (secondary N) is 1. The Bertz CT molecular complexity index is 759. The van der Waals surface area contributed by atoms with Crippen LogP contribution in [0.4, 0.5) is 0 Å². The van der Waals surface area contributed by atoms with Crippen molar-refractivity contribution in [3.05, 3.63) is 36.0 Å². The van der Waals surface area contributed by atoms with Crippen LogP contribution in [-0.2, 0) is 7.05 Å². The minimum atomic E-state index is -0.117. The van der Waals surface area contributed by atoms with Crippen LogP contribution >= 0.6 is 0 Å². The summed E-state index contributed by atoms with van der Waals surface area (Å²) in [5.41, 5.74) is 2.43. The van der Waals surface area contributed by atoms with Gasteiger partial charge in [0, 0.05) is 24.7 Å². The van der Waals surface area contributed by atoms with Crippen molar-refractivity contribution in [2.45, 2.75) is 31.2 Å². The van der Waals surface area contributed by atoms with Crippen LogP contribution in [0.3, 0.4) is 0 Å². The van der Waals surface area contributed by atoms with Gasteiger partial charge in [0.2, 0.25) is 0 Å². The molecule has 1 fully saturated rings. The van der Waals surface area contributed by atoms with E-state index in [1.54, 1.807) is 11.8 Å². The Balaban J connectivity index is 1.72. The summed E-state index contributed by atoms with van der Waals surface area (Å²) in [4.78, 5) is 14.9. The van der Waals surface area contributed by atoms with Gasteiger partial charge in [-0.2, -0.15) is 5.10 Å². The van der Waals surface area contributed by atoms with Gasteiger partial charge in [0.05, 0.1) is 12.8 Å². The number of carbonyl (C=O) groups is 1. The van der Waals surface area contributed by atoms with E-state index in [4.69, 9.17) is 4.74 Å². The van der Waals surface area contributed by atoms with Gasteiger partial charge in [-0.05, 0) is 57.3 Å². The molecule has 0 bridgehead atoms. The van der Waals surface area contributed by atoms with Crippen molar-refractivity contribution in [3.8, 4) is 17.0 Å². The third-order valence-electron chi connectivity index (χ3n) is 5.56. The van der Waals surface area contributed by atoms with Crippen molar-refractivity contribution in [1.82, 2.24) is 20.0 Å². The highest BCUT2D eigenvalue weighted by Gasteiger charge is 2.36. The minimum Gasteiger partial charge on any atom is -0.497 e. The highest BCUT2D eigenvalue weighted by molar-refractivity contribution is 5.93. The zero-order valence-electron chi connectivity index (χ0n) is 16.1. The summed E-state index contributed by atoms with van der Waals surface area (Å²) in [5.74, 6) is 0.688. The Hall–Kier alpha value is -2.34. The molecule has 1 amide bonds. The molecule has 0 radical (unpaired) electrons. The summed E-state index contributed by atoms with van der Waals surface area (Å²) in [6.45, 7) is 0.660. The molecule has 1 aliphatic rings. The molecule has 0 saturated heterocycles. The maximum atomic E-state index is 12.6. The van der Waals surface area contributed by atoms with E-state index in [1.807, 2.05) is 37.4 Å². The van der Waals surface area contributed by atoms with Crippen LogP contribution in [0.25, 0.3) is 11.3 Å². The molecule has 0 unspecified atom stereocenters. The SMILES string of the molecule is COc1ccc(-c2cc(C(=O)NCC3(N(C)C)CCCC3)nn2C)cc1. The van der Waals surface area contributed by atoms with E-state index in [1.165, 1.54) is 12.8 Å². The number of hydrogen-bond acceptors (Lipinski definition) is 4. The number of carbonyl (C=O) groups excluding carboxylic acids is 1. The number of amides is 1. The van der Waals surface area contributed by atoms with Gasteiger partial charge < -0.3 is 15.0 Å². The molecular weight excluding hydrogens is 328 g/mol. The number of methoxy groups -OCH3 is 1. The van der Waals surface area contributed by atoms with Crippen LogP contribution < -0.4 is 10.1 Å². The second-order valence-corrected chi connectivity index (χ2v) is 7.28. The Kier molecular flexibility index (Phi) is 5.32. The zero-order valence-corrected chi connectivity index (χ0v) is 16.1. The van der Waals surface area contributed by atoms with Gasteiger partial charge in [0.25, 0.3) is 5.91 Å². The molecule has 1 heterocycles. The molecule has 2 aromatic rings. The third kappa shape index (κ3) is 3.60. The summed E-state index contributed by atoms with van der Waals surface area (Å²) in [5, 5.41) is 7.50. The maximum absolute atomic E-state index is 12.6. The molecular formula is C20H28N4O2. The normalized spacial score (nSPS) is 16.0. The van der Waals surface area contributed by atoms with Crippen LogP contribution in [0.1, 0.15) is 36.2 Å². The van der Waals surface area contributed by atoms with E-state index < -0.39 is 0 Å². The number of benzene rings is 1. The van der Waals surface area contributed by atoms with Crippen molar-refractivity contribution >= 4 is 5.91 Å². The van der Waals surface area contributed by atoms with Crippen molar-refractivity contribution in [3.63, 3.8) is 0 Å². The first-order valence-electron chi connectivity index (χ1n) is 9.09. The summed E-state index contributed by atoms with van der Waals surface area (Å²) < 4.78 is 6.94. The molecule has 1 aromatic heterocycles. The van der Waals surface area contributed by atoms with Gasteiger partial charge in [-0.25, -0.2) is 0 Å². The topological polar surface area (TPSA) is 59.4 Å². The molecule has 1 aromatic carbocycles. The van der Waals surface area contributed by atoms with Crippen LogP contribution in [-0.4, -0.2) is 53.9 Å². The van der Waals surface area contributed by atoms with Gasteiger partial charge in [0.1, 0.15) is 5.75 Å². The molecule has 3 rings (SSSR count). The molecule has 1 N–H and O–H groups in total. The number of ether oxygens (including phenoxy) is 1. The van der Waals surface area contributed by atoms with Gasteiger partial charge >= 0.3 is 0 Å². The van der Waals surface area contributed by atoms with E-state index in [0.29, 0.717) is 12.2 Å². The van der Waals surface area contributed by atoms with Crippen LogP contribution in [0.2, 0.25) is 0 Å². The maximum Gasteiger partial charge on any atom is 0.271 e. The average Bonchev–Trinajstić information content (AvgIpc) is 3.27. The summed E-state index contributed by atoms with van der Waals surface area (Å²) in [6, 6.07) is 9.59. The summed E-state index contributed by atoms with van der Waals surface area (Å²) in [6.07, 6.45) is 4.69. The molecule has 0 aliphatic heterocycles. The predicted molar refractivity (Wildman–Crippen MR) is 102 cm³/mol. The Morgan fingerprint density at radius 2 is 1.92 bits per heavy atom. The van der Waals surface area contributed by atoms with Crippen LogP contribution in [0, 0.1) is 0 Å². The lowest BCUT2D eigenvalue weighted by atomic mass is 9.96. The Morgan fingerprint density at radius 3 is 2.50 bits per heavy atom. The number of rotatable bonds is 6. The highest BCUT2D eigenvalue weighted by atomic mass is 16.5. The molecule has 1 saturated carbocycles. The molecule has 0 atom stereocenters. The predicted octanol–water partition coefficient (Wildman–Crippen LogP) is 2.70. The van der Waals surface area contributed by atoms with E-state index in [2.05, 4.69) is 29.4 Å². The number of aryl methyl sites for hydroxylation is 1. The summed E-state index contributed by atoms with van der Waals surface area (Å²) in [7, 11) is 7.70. The second kappa shape index (κ2) is 7.50. The first-order chi connectivity index (χ1) is 12.4. The smallest absolute Gasteiger partial charge is 0.271 e. The van der Waals surface area contributed by atoms with Crippen molar-refractivity contribution in [2.24, 2.45) is 7.05 Å². The average molecular weight is 356 g/mol.